The predicted octanol–water partition coefficient (Wildman–Crippen LogP) is 1.99. The van der Waals surface area contributed by atoms with Gasteiger partial charge in [0.1, 0.15) is 0 Å². The molecule has 0 saturated carbocycles. The Balaban J connectivity index is 0.00000300. The third kappa shape index (κ3) is 7.69. The summed E-state index contributed by atoms with van der Waals surface area (Å²) in [4.78, 5) is 7.13. The summed E-state index contributed by atoms with van der Waals surface area (Å²) >= 11 is 0. The maximum Gasteiger partial charge on any atom is 0.214 e. The fraction of sp³-hybridized carbons (Fsp3) is 0.650. The molecule has 1 aromatic carbocycles. The number of hydrogen-bond donors (Lipinski definition) is 2. The highest BCUT2D eigenvalue weighted by atomic mass is 127. The van der Waals surface area contributed by atoms with Crippen LogP contribution < -0.4 is 10.6 Å². The zero-order chi connectivity index (χ0) is 19.8. The van der Waals surface area contributed by atoms with Gasteiger partial charge < -0.3 is 10.6 Å². The summed E-state index contributed by atoms with van der Waals surface area (Å²) in [5, 5.41) is 6.46. The Morgan fingerprint density at radius 3 is 2.34 bits per heavy atom. The van der Waals surface area contributed by atoms with Gasteiger partial charge >= 0.3 is 0 Å². The van der Waals surface area contributed by atoms with Crippen LogP contribution in [0.2, 0.25) is 0 Å². The standard InChI is InChI=1S/C20H33N5O2S.HI/c1-2-21-20(22-10-14-25-13-5-15-28(25,26)27)23-16-18-6-8-19(9-7-18)17-24-11-3-4-12-24;/h6-9H,2-5,10-17H2,1H3,(H2,21,22,23);1H. The molecule has 2 fully saturated rings. The number of hydrogen-bond acceptors (Lipinski definition) is 4. The number of likely N-dealkylation sites (tertiary alicyclic amines) is 1. The van der Waals surface area contributed by atoms with Gasteiger partial charge in [0, 0.05) is 32.7 Å². The molecule has 0 atom stereocenters. The molecule has 7 nitrogen and oxygen atoms in total. The van der Waals surface area contributed by atoms with Crippen LogP contribution >= 0.6 is 24.0 Å². The largest absolute Gasteiger partial charge is 0.357 e. The summed E-state index contributed by atoms with van der Waals surface area (Å²) in [5.41, 5.74) is 2.52. The lowest BCUT2D eigenvalue weighted by Gasteiger charge is -2.16. The molecule has 164 valence electrons. The molecule has 2 saturated heterocycles. The normalized spacial score (nSPS) is 19.8. The van der Waals surface area contributed by atoms with E-state index in [1.54, 1.807) is 4.31 Å². The van der Waals surface area contributed by atoms with E-state index in [0.29, 0.717) is 26.2 Å². The first-order chi connectivity index (χ1) is 13.6. The summed E-state index contributed by atoms with van der Waals surface area (Å²) in [6.45, 7) is 8.51. The van der Waals surface area contributed by atoms with Crippen molar-refractivity contribution in [1.29, 1.82) is 0 Å². The van der Waals surface area contributed by atoms with Gasteiger partial charge in [-0.25, -0.2) is 17.7 Å². The fourth-order valence-corrected chi connectivity index (χ4v) is 5.23. The molecule has 29 heavy (non-hydrogen) atoms. The number of guanidine groups is 1. The predicted molar refractivity (Wildman–Crippen MR) is 129 cm³/mol. The summed E-state index contributed by atoms with van der Waals surface area (Å²) in [6, 6.07) is 8.69. The van der Waals surface area contributed by atoms with Crippen LogP contribution in [0.3, 0.4) is 0 Å². The van der Waals surface area contributed by atoms with Crippen LogP contribution in [0.15, 0.2) is 29.3 Å². The average Bonchev–Trinajstić information content (AvgIpc) is 3.30. The van der Waals surface area contributed by atoms with Gasteiger partial charge in [0.05, 0.1) is 12.3 Å². The van der Waals surface area contributed by atoms with E-state index in [1.165, 1.54) is 37.1 Å². The molecule has 0 radical (unpaired) electrons. The molecule has 0 unspecified atom stereocenters. The zero-order valence-electron chi connectivity index (χ0n) is 17.3. The Hall–Kier alpha value is -0.910. The smallest absolute Gasteiger partial charge is 0.214 e. The first-order valence-corrected chi connectivity index (χ1v) is 12.0. The molecule has 0 bridgehead atoms. The minimum atomic E-state index is -3.04. The molecule has 2 heterocycles. The molecule has 2 aliphatic rings. The van der Waals surface area contributed by atoms with Crippen molar-refractivity contribution in [3.63, 3.8) is 0 Å². The number of aliphatic imine (C=N–C) groups is 1. The average molecular weight is 535 g/mol. The second kappa shape index (κ2) is 12.1. The number of nitrogens with zero attached hydrogens (tertiary/aromatic N) is 3. The third-order valence-corrected chi connectivity index (χ3v) is 7.21. The molecule has 2 N–H and O–H groups in total. The van der Waals surface area contributed by atoms with Crippen molar-refractivity contribution in [2.75, 3.05) is 45.0 Å². The Morgan fingerprint density at radius 2 is 1.72 bits per heavy atom. The van der Waals surface area contributed by atoms with Gasteiger partial charge in [-0.15, -0.1) is 24.0 Å². The number of rotatable bonds is 8. The van der Waals surface area contributed by atoms with Crippen LogP contribution in [0.5, 0.6) is 0 Å². The highest BCUT2D eigenvalue weighted by molar-refractivity contribution is 14.0. The SMILES string of the molecule is CCNC(=NCc1ccc(CN2CCCC2)cc1)NCCN1CCCS1(=O)=O.I. The van der Waals surface area contributed by atoms with Gasteiger partial charge in [-0.1, -0.05) is 24.3 Å². The molecule has 0 aliphatic carbocycles. The quantitative estimate of drug-likeness (QED) is 0.303. The lowest BCUT2D eigenvalue weighted by molar-refractivity contribution is 0.331. The first-order valence-electron chi connectivity index (χ1n) is 10.4. The van der Waals surface area contributed by atoms with Crippen LogP contribution in [0, 0.1) is 0 Å². The van der Waals surface area contributed by atoms with Crippen molar-refractivity contribution in [1.82, 2.24) is 19.8 Å². The Labute approximate surface area is 192 Å². The van der Waals surface area contributed by atoms with Gasteiger partial charge in [-0.05, 0) is 50.4 Å². The minimum Gasteiger partial charge on any atom is -0.357 e. The van der Waals surface area contributed by atoms with Crippen LogP contribution in [0.1, 0.15) is 37.3 Å². The van der Waals surface area contributed by atoms with Gasteiger partial charge in [-0.3, -0.25) is 4.90 Å². The molecular formula is C20H34IN5O2S. The number of benzene rings is 1. The highest BCUT2D eigenvalue weighted by Gasteiger charge is 2.27. The van der Waals surface area contributed by atoms with Crippen LogP contribution in [-0.4, -0.2) is 68.6 Å². The van der Waals surface area contributed by atoms with Crippen molar-refractivity contribution >= 4 is 40.0 Å². The van der Waals surface area contributed by atoms with E-state index in [-0.39, 0.29) is 29.7 Å². The molecule has 3 rings (SSSR count). The lowest BCUT2D eigenvalue weighted by Crippen LogP contribution is -2.42. The molecule has 0 spiro atoms. The number of halogens is 1. The fourth-order valence-electron chi connectivity index (χ4n) is 3.70. The molecule has 0 amide bonds. The van der Waals surface area contributed by atoms with Crippen LogP contribution in [-0.2, 0) is 23.1 Å². The van der Waals surface area contributed by atoms with Crippen LogP contribution in [0.25, 0.3) is 0 Å². The second-order valence-corrected chi connectivity index (χ2v) is 9.58. The topological polar surface area (TPSA) is 77.0 Å². The summed E-state index contributed by atoms with van der Waals surface area (Å²) < 4.78 is 25.3. The van der Waals surface area contributed by atoms with E-state index in [2.05, 4.69) is 44.8 Å². The van der Waals surface area contributed by atoms with Crippen molar-refractivity contribution < 1.29 is 8.42 Å². The number of sulfonamides is 1. The van der Waals surface area contributed by atoms with E-state index in [1.807, 2.05) is 6.92 Å². The van der Waals surface area contributed by atoms with E-state index in [9.17, 15) is 8.42 Å². The first kappa shape index (κ1) is 24.4. The highest BCUT2D eigenvalue weighted by Crippen LogP contribution is 2.14. The summed E-state index contributed by atoms with van der Waals surface area (Å²) in [7, 11) is -3.04. The maximum absolute atomic E-state index is 11.9. The molecule has 2 aliphatic heterocycles. The summed E-state index contributed by atoms with van der Waals surface area (Å²) in [6.07, 6.45) is 3.36. The van der Waals surface area contributed by atoms with E-state index >= 15 is 0 Å². The van der Waals surface area contributed by atoms with Gasteiger partial charge in [0.25, 0.3) is 0 Å². The Morgan fingerprint density at radius 1 is 1.03 bits per heavy atom. The zero-order valence-corrected chi connectivity index (χ0v) is 20.4. The van der Waals surface area contributed by atoms with Crippen molar-refractivity contribution in [2.45, 2.75) is 39.3 Å². The summed E-state index contributed by atoms with van der Waals surface area (Å²) in [5.74, 6) is 0.995. The maximum atomic E-state index is 11.9. The second-order valence-electron chi connectivity index (χ2n) is 7.49. The Kier molecular flexibility index (Phi) is 10.1. The monoisotopic (exact) mass is 535 g/mol. The number of nitrogens with one attached hydrogen (secondary N) is 2. The Bertz CT molecular complexity index is 749. The van der Waals surface area contributed by atoms with Crippen LogP contribution in [0.4, 0.5) is 0 Å². The van der Waals surface area contributed by atoms with Gasteiger partial charge in [0.2, 0.25) is 10.0 Å². The van der Waals surface area contributed by atoms with Crippen molar-refractivity contribution in [3.8, 4) is 0 Å². The van der Waals surface area contributed by atoms with Gasteiger partial charge in [-0.2, -0.15) is 0 Å². The van der Waals surface area contributed by atoms with Crippen molar-refractivity contribution in [3.05, 3.63) is 35.4 Å². The van der Waals surface area contributed by atoms with E-state index < -0.39 is 10.0 Å². The van der Waals surface area contributed by atoms with E-state index in [0.717, 1.165) is 25.5 Å². The molecule has 9 heteroatoms. The van der Waals surface area contributed by atoms with E-state index in [4.69, 9.17) is 0 Å². The minimum absolute atomic E-state index is 0. The third-order valence-electron chi connectivity index (χ3n) is 5.25. The lowest BCUT2D eigenvalue weighted by atomic mass is 10.1. The molecular weight excluding hydrogens is 501 g/mol. The molecule has 1 aromatic rings. The van der Waals surface area contributed by atoms with Gasteiger partial charge in [0.15, 0.2) is 5.96 Å². The molecule has 0 aromatic heterocycles. The van der Waals surface area contributed by atoms with Crippen molar-refractivity contribution in [2.24, 2.45) is 4.99 Å².